The number of hydrogen-bond donors (Lipinski definition) is 0. The molecular formula is C17H20Cl2N4O. The molecule has 2 aliphatic heterocycles. The Morgan fingerprint density at radius 2 is 2.12 bits per heavy atom. The van der Waals surface area contributed by atoms with Gasteiger partial charge in [-0.15, -0.1) is 5.10 Å². The molecule has 2 aromatic rings. The zero-order valence-electron chi connectivity index (χ0n) is 13.4. The Balaban J connectivity index is 1.40. The van der Waals surface area contributed by atoms with Crippen LogP contribution in [0.5, 0.6) is 0 Å². The van der Waals surface area contributed by atoms with E-state index in [1.807, 2.05) is 12.3 Å². The molecule has 2 saturated heterocycles. The summed E-state index contributed by atoms with van der Waals surface area (Å²) < 4.78 is 7.24. The lowest BCUT2D eigenvalue weighted by Crippen LogP contribution is -2.23. The van der Waals surface area contributed by atoms with Crippen molar-refractivity contribution in [3.63, 3.8) is 0 Å². The van der Waals surface area contributed by atoms with Gasteiger partial charge in [-0.3, -0.25) is 4.90 Å². The fourth-order valence-electron chi connectivity index (χ4n) is 3.70. The molecule has 0 bridgehead atoms. The van der Waals surface area contributed by atoms with Gasteiger partial charge < -0.3 is 4.74 Å². The maximum absolute atomic E-state index is 6.24. The van der Waals surface area contributed by atoms with Crippen LogP contribution in [0.1, 0.15) is 18.5 Å². The van der Waals surface area contributed by atoms with E-state index in [1.165, 1.54) is 12.8 Å². The van der Waals surface area contributed by atoms with Gasteiger partial charge >= 0.3 is 0 Å². The van der Waals surface area contributed by atoms with Gasteiger partial charge in [0.15, 0.2) is 0 Å². The largest absolute Gasteiger partial charge is 0.381 e. The van der Waals surface area contributed by atoms with Crippen molar-refractivity contribution in [3.05, 3.63) is 40.1 Å². The van der Waals surface area contributed by atoms with Crippen LogP contribution in [0.4, 0.5) is 0 Å². The molecule has 0 spiro atoms. The van der Waals surface area contributed by atoms with E-state index in [9.17, 15) is 0 Å². The number of ether oxygens (including phenoxy) is 1. The lowest BCUT2D eigenvalue weighted by Gasteiger charge is -2.17. The fraction of sp³-hybridized carbons (Fsp3) is 0.529. The van der Waals surface area contributed by atoms with Crippen molar-refractivity contribution >= 4 is 23.2 Å². The normalized spacial score (nSPS) is 24.8. The third kappa shape index (κ3) is 3.45. The molecule has 3 heterocycles. The predicted octanol–water partition coefficient (Wildman–Crippen LogP) is 3.43. The second-order valence-corrected chi connectivity index (χ2v) is 7.50. The van der Waals surface area contributed by atoms with Crippen molar-refractivity contribution in [1.29, 1.82) is 0 Å². The first kappa shape index (κ1) is 16.3. The topological polar surface area (TPSA) is 43.2 Å². The molecule has 2 fully saturated rings. The summed E-state index contributed by atoms with van der Waals surface area (Å²) in [6, 6.07) is 5.38. The minimum Gasteiger partial charge on any atom is -0.381 e. The Kier molecular flexibility index (Phi) is 4.77. The maximum atomic E-state index is 6.24. The van der Waals surface area contributed by atoms with Crippen LogP contribution in [0.3, 0.4) is 0 Å². The average molecular weight is 367 g/mol. The van der Waals surface area contributed by atoms with Crippen molar-refractivity contribution in [1.82, 2.24) is 19.9 Å². The van der Waals surface area contributed by atoms with E-state index in [0.717, 1.165) is 56.1 Å². The molecule has 1 aromatic heterocycles. The second-order valence-electron chi connectivity index (χ2n) is 6.66. The summed E-state index contributed by atoms with van der Waals surface area (Å²) in [4.78, 5) is 2.46. The standard InChI is InChI=1S/C17H20Cl2N4O/c18-14-1-2-17(16(19)7-14)23-10-15(20-21-23)9-22-5-3-12(8-22)13-4-6-24-11-13/h1-2,7,10,12-13H,3-6,8-9,11H2. The van der Waals surface area contributed by atoms with Gasteiger partial charge in [0.25, 0.3) is 0 Å². The van der Waals surface area contributed by atoms with Gasteiger partial charge in [0.1, 0.15) is 0 Å². The minimum absolute atomic E-state index is 0.571. The van der Waals surface area contributed by atoms with Gasteiger partial charge in [0.05, 0.1) is 22.6 Å². The molecule has 0 saturated carbocycles. The van der Waals surface area contributed by atoms with E-state index >= 15 is 0 Å². The van der Waals surface area contributed by atoms with Crippen LogP contribution in [-0.2, 0) is 11.3 Å². The Bertz CT molecular complexity index is 714. The van der Waals surface area contributed by atoms with Crippen LogP contribution in [-0.4, -0.2) is 46.2 Å². The number of aromatic nitrogens is 3. The molecule has 0 amide bonds. The first-order valence-corrected chi connectivity index (χ1v) is 9.11. The van der Waals surface area contributed by atoms with Crippen molar-refractivity contribution in [2.75, 3.05) is 26.3 Å². The summed E-state index contributed by atoms with van der Waals surface area (Å²) in [6.07, 6.45) is 4.41. The quantitative estimate of drug-likeness (QED) is 0.831. The van der Waals surface area contributed by atoms with E-state index in [1.54, 1.807) is 16.8 Å². The van der Waals surface area contributed by atoms with Crippen LogP contribution in [0.2, 0.25) is 10.0 Å². The van der Waals surface area contributed by atoms with Gasteiger partial charge in [-0.2, -0.15) is 0 Å². The summed E-state index contributed by atoms with van der Waals surface area (Å²) >= 11 is 12.2. The number of halogens is 2. The van der Waals surface area contributed by atoms with E-state index in [0.29, 0.717) is 10.0 Å². The zero-order valence-corrected chi connectivity index (χ0v) is 14.9. The smallest absolute Gasteiger partial charge is 0.0971 e. The summed E-state index contributed by atoms with van der Waals surface area (Å²) in [5.74, 6) is 1.49. The molecule has 2 atom stereocenters. The van der Waals surface area contributed by atoms with Gasteiger partial charge in [0, 0.05) is 31.3 Å². The lowest BCUT2D eigenvalue weighted by atomic mass is 9.91. The Morgan fingerprint density at radius 3 is 2.92 bits per heavy atom. The van der Waals surface area contributed by atoms with Crippen LogP contribution in [0.15, 0.2) is 24.4 Å². The lowest BCUT2D eigenvalue weighted by molar-refractivity contribution is 0.171. The molecule has 2 unspecified atom stereocenters. The number of nitrogens with zero attached hydrogens (tertiary/aromatic N) is 4. The van der Waals surface area contributed by atoms with Crippen molar-refractivity contribution in [3.8, 4) is 5.69 Å². The number of rotatable bonds is 4. The van der Waals surface area contributed by atoms with Gasteiger partial charge in [-0.05, 0) is 49.4 Å². The molecule has 2 aliphatic rings. The van der Waals surface area contributed by atoms with Crippen LogP contribution < -0.4 is 0 Å². The number of likely N-dealkylation sites (tertiary alicyclic amines) is 1. The van der Waals surface area contributed by atoms with Crippen LogP contribution in [0, 0.1) is 11.8 Å². The van der Waals surface area contributed by atoms with E-state index < -0.39 is 0 Å². The molecule has 0 N–H and O–H groups in total. The molecule has 128 valence electrons. The Labute approximate surface area is 151 Å². The first-order valence-electron chi connectivity index (χ1n) is 8.36. The zero-order chi connectivity index (χ0) is 16.5. The third-order valence-corrected chi connectivity index (χ3v) is 5.56. The molecule has 0 aliphatic carbocycles. The highest BCUT2D eigenvalue weighted by atomic mass is 35.5. The Hall–Kier alpha value is -1.14. The Morgan fingerprint density at radius 1 is 1.21 bits per heavy atom. The summed E-state index contributed by atoms with van der Waals surface area (Å²) in [6.45, 7) is 4.94. The monoisotopic (exact) mass is 366 g/mol. The molecule has 0 radical (unpaired) electrons. The van der Waals surface area contributed by atoms with Crippen LogP contribution in [0.25, 0.3) is 5.69 Å². The van der Waals surface area contributed by atoms with Gasteiger partial charge in [-0.25, -0.2) is 4.68 Å². The SMILES string of the molecule is Clc1ccc(-n2cc(CN3CCC(C4CCOC4)C3)nn2)c(Cl)c1. The van der Waals surface area contributed by atoms with Gasteiger partial charge in [-0.1, -0.05) is 28.4 Å². The van der Waals surface area contributed by atoms with Crippen molar-refractivity contribution in [2.24, 2.45) is 11.8 Å². The molecule has 5 nitrogen and oxygen atoms in total. The number of hydrogen-bond acceptors (Lipinski definition) is 4. The maximum Gasteiger partial charge on any atom is 0.0971 e. The fourth-order valence-corrected chi connectivity index (χ4v) is 4.20. The van der Waals surface area contributed by atoms with E-state index in [-0.39, 0.29) is 0 Å². The highest BCUT2D eigenvalue weighted by Crippen LogP contribution is 2.30. The summed E-state index contributed by atoms with van der Waals surface area (Å²) in [5.41, 5.74) is 1.76. The van der Waals surface area contributed by atoms with E-state index in [4.69, 9.17) is 27.9 Å². The van der Waals surface area contributed by atoms with Gasteiger partial charge in [0.2, 0.25) is 0 Å². The highest BCUT2D eigenvalue weighted by molar-refractivity contribution is 6.35. The highest BCUT2D eigenvalue weighted by Gasteiger charge is 2.31. The molecule has 7 heteroatoms. The third-order valence-electron chi connectivity index (χ3n) is 5.02. The molecule has 24 heavy (non-hydrogen) atoms. The van der Waals surface area contributed by atoms with Crippen LogP contribution >= 0.6 is 23.2 Å². The average Bonchev–Trinajstić information content (AvgIpc) is 3.28. The first-order chi connectivity index (χ1) is 11.7. The molecular weight excluding hydrogens is 347 g/mol. The van der Waals surface area contributed by atoms with E-state index in [2.05, 4.69) is 15.2 Å². The summed E-state index contributed by atoms with van der Waals surface area (Å²) in [7, 11) is 0. The minimum atomic E-state index is 0.571. The van der Waals surface area contributed by atoms with Crippen molar-refractivity contribution in [2.45, 2.75) is 19.4 Å². The summed E-state index contributed by atoms with van der Waals surface area (Å²) in [5, 5.41) is 9.69. The second kappa shape index (κ2) is 7.00. The molecule has 1 aromatic carbocycles. The molecule has 4 rings (SSSR count). The van der Waals surface area contributed by atoms with Crippen molar-refractivity contribution < 1.29 is 4.74 Å². The predicted molar refractivity (Wildman–Crippen MR) is 93.7 cm³/mol. The number of benzene rings is 1.